The van der Waals surface area contributed by atoms with Crippen molar-refractivity contribution in [3.63, 3.8) is 0 Å². The highest BCUT2D eigenvalue weighted by molar-refractivity contribution is 6.30. The molecular formula is C15H18ClF3N2O. The number of rotatable bonds is 2. The lowest BCUT2D eigenvalue weighted by atomic mass is 10.2. The van der Waals surface area contributed by atoms with E-state index in [0.717, 1.165) is 12.1 Å². The second kappa shape index (κ2) is 10.00. The summed E-state index contributed by atoms with van der Waals surface area (Å²) in [5.41, 5.74) is -0.750. The van der Waals surface area contributed by atoms with Crippen LogP contribution in [0.2, 0.25) is 5.15 Å². The summed E-state index contributed by atoms with van der Waals surface area (Å²) in [6, 6.07) is 4.21. The molecule has 3 nitrogen and oxygen atoms in total. The van der Waals surface area contributed by atoms with Crippen molar-refractivity contribution in [3.8, 4) is 11.6 Å². The summed E-state index contributed by atoms with van der Waals surface area (Å²) in [6.07, 6.45) is -1.63. The van der Waals surface area contributed by atoms with Crippen LogP contribution in [-0.4, -0.2) is 9.97 Å². The number of aromatic nitrogens is 2. The highest BCUT2D eigenvalue weighted by Gasteiger charge is 2.30. The van der Waals surface area contributed by atoms with Gasteiger partial charge in [-0.3, -0.25) is 0 Å². The molecule has 122 valence electrons. The van der Waals surface area contributed by atoms with Crippen molar-refractivity contribution in [3.05, 3.63) is 47.4 Å². The first-order valence-electron chi connectivity index (χ1n) is 6.78. The number of ether oxygens (including phenoxy) is 1. The quantitative estimate of drug-likeness (QED) is 0.676. The van der Waals surface area contributed by atoms with Crippen LogP contribution in [0.25, 0.3) is 0 Å². The smallest absolute Gasteiger partial charge is 0.416 e. The number of nitrogens with zero attached hydrogens (tertiary/aromatic N) is 2. The van der Waals surface area contributed by atoms with Gasteiger partial charge in [0.25, 0.3) is 5.88 Å². The molecule has 2 aromatic rings. The lowest BCUT2D eigenvalue weighted by Crippen LogP contribution is -2.04. The average Bonchev–Trinajstić information content (AvgIpc) is 2.53. The summed E-state index contributed by atoms with van der Waals surface area (Å²) in [4.78, 5) is 7.54. The summed E-state index contributed by atoms with van der Waals surface area (Å²) < 4.78 is 42.2. The van der Waals surface area contributed by atoms with Crippen molar-refractivity contribution in [2.75, 3.05) is 0 Å². The predicted molar refractivity (Wildman–Crippen MR) is 81.3 cm³/mol. The minimum absolute atomic E-state index is 0.0393. The van der Waals surface area contributed by atoms with Gasteiger partial charge in [-0.2, -0.15) is 13.2 Å². The topological polar surface area (TPSA) is 35.0 Å². The Morgan fingerprint density at radius 2 is 1.41 bits per heavy atom. The van der Waals surface area contributed by atoms with Crippen LogP contribution in [0.4, 0.5) is 13.2 Å². The van der Waals surface area contributed by atoms with E-state index in [2.05, 4.69) is 9.97 Å². The maximum absolute atomic E-state index is 12.3. The zero-order valence-electron chi connectivity index (χ0n) is 12.8. The van der Waals surface area contributed by atoms with E-state index in [1.54, 1.807) is 0 Å². The minimum Gasteiger partial charge on any atom is -0.436 e. The molecule has 0 unspecified atom stereocenters. The highest BCUT2D eigenvalue weighted by Crippen LogP contribution is 2.31. The largest absolute Gasteiger partial charge is 0.436 e. The molecule has 1 aromatic heterocycles. The molecule has 1 aromatic carbocycles. The molecule has 7 heteroatoms. The fraction of sp³-hybridized carbons (Fsp3) is 0.333. The first-order valence-corrected chi connectivity index (χ1v) is 7.16. The molecule has 0 radical (unpaired) electrons. The summed E-state index contributed by atoms with van der Waals surface area (Å²) in [5.74, 6) is 0.240. The molecule has 0 amide bonds. The third-order valence-electron chi connectivity index (χ3n) is 2.02. The van der Waals surface area contributed by atoms with Gasteiger partial charge in [0.05, 0.1) is 5.56 Å². The van der Waals surface area contributed by atoms with Crippen LogP contribution in [0.3, 0.4) is 0 Å². The molecule has 0 saturated heterocycles. The van der Waals surface area contributed by atoms with Crippen LogP contribution in [0, 0.1) is 0 Å². The molecular weight excluding hydrogens is 317 g/mol. The summed E-state index contributed by atoms with van der Waals surface area (Å²) in [5, 5.41) is 0.0393. The van der Waals surface area contributed by atoms with Crippen LogP contribution in [-0.2, 0) is 6.18 Å². The van der Waals surface area contributed by atoms with Crippen LogP contribution in [0.15, 0.2) is 36.7 Å². The Morgan fingerprint density at radius 1 is 0.909 bits per heavy atom. The summed E-state index contributed by atoms with van der Waals surface area (Å²) >= 11 is 5.70. The lowest BCUT2D eigenvalue weighted by molar-refractivity contribution is -0.137. The second-order valence-corrected chi connectivity index (χ2v) is 3.63. The van der Waals surface area contributed by atoms with E-state index in [-0.39, 0.29) is 16.8 Å². The lowest BCUT2D eigenvalue weighted by Gasteiger charge is -2.08. The summed E-state index contributed by atoms with van der Waals surface area (Å²) in [7, 11) is 0. The predicted octanol–water partition coefficient (Wildman–Crippen LogP) is 5.99. The van der Waals surface area contributed by atoms with E-state index in [4.69, 9.17) is 16.3 Å². The van der Waals surface area contributed by atoms with Crippen molar-refractivity contribution in [2.45, 2.75) is 33.9 Å². The fourth-order valence-corrected chi connectivity index (χ4v) is 1.34. The summed E-state index contributed by atoms with van der Waals surface area (Å²) in [6.45, 7) is 8.00. The first-order chi connectivity index (χ1) is 10.5. The monoisotopic (exact) mass is 334 g/mol. The molecule has 0 aliphatic heterocycles. The van der Waals surface area contributed by atoms with Crippen LogP contribution in [0.5, 0.6) is 11.6 Å². The maximum atomic E-state index is 12.3. The third kappa shape index (κ3) is 6.30. The van der Waals surface area contributed by atoms with Crippen LogP contribution >= 0.6 is 11.6 Å². The Hall–Kier alpha value is -1.82. The molecule has 0 fully saturated rings. The average molecular weight is 335 g/mol. The Morgan fingerprint density at radius 3 is 1.86 bits per heavy atom. The fourth-order valence-electron chi connectivity index (χ4n) is 1.20. The van der Waals surface area contributed by atoms with E-state index in [9.17, 15) is 13.2 Å². The standard InChI is InChI=1S/C11H6ClF3N2O.2C2H6/c12-9-10(17-6-5-16-9)18-8-3-1-7(2-4-8)11(13,14)15;2*1-2/h1-6H;2*1-2H3. The van der Waals surface area contributed by atoms with Gasteiger partial charge in [0.2, 0.25) is 0 Å². The molecule has 0 N–H and O–H groups in total. The molecule has 0 atom stereocenters. The Labute approximate surface area is 133 Å². The molecule has 1 heterocycles. The van der Waals surface area contributed by atoms with Crippen molar-refractivity contribution in [2.24, 2.45) is 0 Å². The molecule has 0 spiro atoms. The van der Waals surface area contributed by atoms with Crippen molar-refractivity contribution in [1.29, 1.82) is 0 Å². The normalized spacial score (nSPS) is 9.82. The second-order valence-electron chi connectivity index (χ2n) is 3.28. The van der Waals surface area contributed by atoms with Gasteiger partial charge in [-0.05, 0) is 24.3 Å². The van der Waals surface area contributed by atoms with Gasteiger partial charge in [-0.15, -0.1) is 0 Å². The zero-order chi connectivity index (χ0) is 17.2. The SMILES string of the molecule is CC.CC.FC(F)(F)c1ccc(Oc2nccnc2Cl)cc1. The number of halogens is 4. The third-order valence-corrected chi connectivity index (χ3v) is 2.28. The maximum Gasteiger partial charge on any atom is 0.416 e. The highest BCUT2D eigenvalue weighted by atomic mass is 35.5. The van der Waals surface area contributed by atoms with Crippen molar-refractivity contribution < 1.29 is 17.9 Å². The van der Waals surface area contributed by atoms with E-state index < -0.39 is 11.7 Å². The zero-order valence-corrected chi connectivity index (χ0v) is 13.5. The Bertz CT molecular complexity index is 545. The molecule has 2 rings (SSSR count). The number of hydrogen-bond donors (Lipinski definition) is 0. The Kier molecular flexibility index (Phi) is 9.17. The van der Waals surface area contributed by atoms with E-state index >= 15 is 0 Å². The first kappa shape index (κ1) is 20.2. The van der Waals surface area contributed by atoms with Gasteiger partial charge in [0.1, 0.15) is 5.75 Å². The van der Waals surface area contributed by atoms with Gasteiger partial charge in [0, 0.05) is 12.4 Å². The van der Waals surface area contributed by atoms with Gasteiger partial charge >= 0.3 is 6.18 Å². The van der Waals surface area contributed by atoms with Crippen LogP contribution < -0.4 is 4.74 Å². The molecule has 0 saturated carbocycles. The van der Waals surface area contributed by atoms with Crippen LogP contribution in [0.1, 0.15) is 33.3 Å². The van der Waals surface area contributed by atoms with E-state index in [1.165, 1.54) is 24.5 Å². The minimum atomic E-state index is -4.37. The number of benzene rings is 1. The Balaban J connectivity index is 0.00000102. The molecule has 0 aliphatic rings. The molecule has 22 heavy (non-hydrogen) atoms. The van der Waals surface area contributed by atoms with Gasteiger partial charge in [-0.1, -0.05) is 39.3 Å². The van der Waals surface area contributed by atoms with Crippen molar-refractivity contribution in [1.82, 2.24) is 9.97 Å². The van der Waals surface area contributed by atoms with E-state index in [1.807, 2.05) is 27.7 Å². The van der Waals surface area contributed by atoms with Gasteiger partial charge in [-0.25, -0.2) is 9.97 Å². The number of alkyl halides is 3. The van der Waals surface area contributed by atoms with Crippen molar-refractivity contribution >= 4 is 11.6 Å². The number of hydrogen-bond acceptors (Lipinski definition) is 3. The molecule has 0 aliphatic carbocycles. The molecule has 0 bridgehead atoms. The van der Waals surface area contributed by atoms with Gasteiger partial charge < -0.3 is 4.74 Å². The van der Waals surface area contributed by atoms with Gasteiger partial charge in [0.15, 0.2) is 5.15 Å². The van der Waals surface area contributed by atoms with E-state index in [0.29, 0.717) is 0 Å².